The number of nitrogens with zero attached hydrogens (tertiary/aromatic N) is 1. The first-order chi connectivity index (χ1) is 7.59. The molecule has 1 heterocycles. The van der Waals surface area contributed by atoms with Crippen LogP contribution in [0.3, 0.4) is 0 Å². The predicted octanol–water partition coefficient (Wildman–Crippen LogP) is 0.0365. The fraction of sp³-hybridized carbons (Fsp3) is 1.00. The first-order valence-electron chi connectivity index (χ1n) is 5.82. The number of ether oxygens (including phenoxy) is 1. The summed E-state index contributed by atoms with van der Waals surface area (Å²) in [5, 5.41) is 2.86. The highest BCUT2D eigenvalue weighted by Gasteiger charge is 2.30. The van der Waals surface area contributed by atoms with E-state index in [9.17, 15) is 8.42 Å². The van der Waals surface area contributed by atoms with Crippen LogP contribution in [0.25, 0.3) is 0 Å². The van der Waals surface area contributed by atoms with Gasteiger partial charge < -0.3 is 10.1 Å². The van der Waals surface area contributed by atoms with Crippen molar-refractivity contribution in [3.8, 4) is 0 Å². The zero-order valence-corrected chi connectivity index (χ0v) is 10.9. The summed E-state index contributed by atoms with van der Waals surface area (Å²) < 4.78 is 30.8. The normalized spacial score (nSPS) is 22.6. The lowest BCUT2D eigenvalue weighted by molar-refractivity contribution is 0.138. The fourth-order valence-corrected chi connectivity index (χ4v) is 3.42. The Morgan fingerprint density at radius 2 is 2.25 bits per heavy atom. The highest BCUT2D eigenvalue weighted by molar-refractivity contribution is 7.89. The molecule has 0 aromatic carbocycles. The van der Waals surface area contributed by atoms with Crippen molar-refractivity contribution < 1.29 is 13.2 Å². The van der Waals surface area contributed by atoms with Crippen molar-refractivity contribution in [3.05, 3.63) is 0 Å². The minimum atomic E-state index is -3.15. The van der Waals surface area contributed by atoms with Gasteiger partial charge in [-0.3, -0.25) is 0 Å². The number of hydrogen-bond acceptors (Lipinski definition) is 4. The number of sulfonamides is 1. The van der Waals surface area contributed by atoms with Crippen LogP contribution in [0.2, 0.25) is 0 Å². The maximum Gasteiger partial charge on any atom is 0.218 e. The van der Waals surface area contributed by atoms with Crippen molar-refractivity contribution in [1.29, 1.82) is 0 Å². The standard InChI is InChI=1S/C10H22N2O3S/c1-3-15-8-7-12(2)16(13,14)10-5-4-6-11-9-10/h10-11H,3-9H2,1-2H3. The fourth-order valence-electron chi connectivity index (χ4n) is 1.79. The quantitative estimate of drug-likeness (QED) is 0.676. The van der Waals surface area contributed by atoms with Gasteiger partial charge in [-0.05, 0) is 26.3 Å². The molecular formula is C10H22N2O3S. The van der Waals surface area contributed by atoms with Gasteiger partial charge in [-0.25, -0.2) is 12.7 Å². The van der Waals surface area contributed by atoms with E-state index in [0.29, 0.717) is 26.3 Å². The smallest absolute Gasteiger partial charge is 0.218 e. The molecule has 0 aromatic heterocycles. The van der Waals surface area contributed by atoms with Gasteiger partial charge in [-0.2, -0.15) is 0 Å². The summed E-state index contributed by atoms with van der Waals surface area (Å²) in [5.74, 6) is 0. The number of hydrogen-bond donors (Lipinski definition) is 1. The van der Waals surface area contributed by atoms with Crippen molar-refractivity contribution in [2.75, 3.05) is 39.9 Å². The van der Waals surface area contributed by atoms with Gasteiger partial charge in [0.25, 0.3) is 0 Å². The van der Waals surface area contributed by atoms with Crippen molar-refractivity contribution in [2.24, 2.45) is 0 Å². The number of nitrogens with one attached hydrogen (secondary N) is 1. The zero-order chi connectivity index (χ0) is 12.0. The monoisotopic (exact) mass is 250 g/mol. The summed E-state index contributed by atoms with van der Waals surface area (Å²) >= 11 is 0. The molecule has 0 bridgehead atoms. The van der Waals surface area contributed by atoms with Gasteiger partial charge in [0.15, 0.2) is 0 Å². The Balaban J connectivity index is 2.47. The van der Waals surface area contributed by atoms with Crippen molar-refractivity contribution in [3.63, 3.8) is 0 Å². The lowest BCUT2D eigenvalue weighted by Gasteiger charge is -2.27. The molecule has 1 aliphatic rings. The predicted molar refractivity (Wildman–Crippen MR) is 63.9 cm³/mol. The molecule has 0 aromatic rings. The van der Waals surface area contributed by atoms with E-state index in [2.05, 4.69) is 5.32 Å². The molecule has 0 saturated carbocycles. The van der Waals surface area contributed by atoms with Crippen molar-refractivity contribution in [2.45, 2.75) is 25.0 Å². The Labute approximate surface area is 98.2 Å². The summed E-state index contributed by atoms with van der Waals surface area (Å²) in [4.78, 5) is 0. The lowest BCUT2D eigenvalue weighted by Crippen LogP contribution is -2.45. The van der Waals surface area contributed by atoms with E-state index in [1.54, 1.807) is 7.05 Å². The maximum atomic E-state index is 12.1. The average Bonchev–Trinajstić information content (AvgIpc) is 2.30. The Bertz CT molecular complexity index is 286. The molecule has 1 unspecified atom stereocenters. The molecule has 0 aliphatic carbocycles. The average molecular weight is 250 g/mol. The Hall–Kier alpha value is -0.170. The van der Waals surface area contributed by atoms with Crippen LogP contribution in [-0.2, 0) is 14.8 Å². The van der Waals surface area contributed by atoms with E-state index in [1.165, 1.54) is 4.31 Å². The number of piperidine rings is 1. The van der Waals surface area contributed by atoms with Gasteiger partial charge in [-0.15, -0.1) is 0 Å². The van der Waals surface area contributed by atoms with E-state index in [4.69, 9.17) is 4.74 Å². The van der Waals surface area contributed by atoms with Crippen LogP contribution in [0.4, 0.5) is 0 Å². The third-order valence-corrected chi connectivity index (χ3v) is 5.16. The van der Waals surface area contributed by atoms with Gasteiger partial charge in [0.05, 0.1) is 11.9 Å². The van der Waals surface area contributed by atoms with Crippen LogP contribution in [0.15, 0.2) is 0 Å². The van der Waals surface area contributed by atoms with Crippen LogP contribution < -0.4 is 5.32 Å². The highest BCUT2D eigenvalue weighted by atomic mass is 32.2. The second-order valence-electron chi connectivity index (χ2n) is 4.03. The SMILES string of the molecule is CCOCCN(C)S(=O)(=O)C1CCCNC1. The third-order valence-electron chi connectivity index (χ3n) is 2.86. The largest absolute Gasteiger partial charge is 0.380 e. The molecule has 96 valence electrons. The Kier molecular flexibility index (Phi) is 5.68. The molecule has 1 aliphatic heterocycles. The lowest BCUT2D eigenvalue weighted by atomic mass is 10.2. The minimum absolute atomic E-state index is 0.270. The molecule has 0 amide bonds. The Morgan fingerprint density at radius 3 is 2.81 bits per heavy atom. The van der Waals surface area contributed by atoms with Crippen LogP contribution in [0, 0.1) is 0 Å². The van der Waals surface area contributed by atoms with E-state index in [1.807, 2.05) is 6.92 Å². The maximum absolute atomic E-state index is 12.1. The molecule has 6 heteroatoms. The van der Waals surface area contributed by atoms with Crippen LogP contribution in [0.5, 0.6) is 0 Å². The van der Waals surface area contributed by atoms with Gasteiger partial charge in [-0.1, -0.05) is 0 Å². The van der Waals surface area contributed by atoms with E-state index in [0.717, 1.165) is 19.4 Å². The summed E-state index contributed by atoms with van der Waals surface area (Å²) in [6, 6.07) is 0. The molecule has 1 fully saturated rings. The molecular weight excluding hydrogens is 228 g/mol. The first-order valence-corrected chi connectivity index (χ1v) is 7.33. The molecule has 1 rings (SSSR count). The Morgan fingerprint density at radius 1 is 1.50 bits per heavy atom. The summed E-state index contributed by atoms with van der Waals surface area (Å²) in [6.07, 6.45) is 1.69. The highest BCUT2D eigenvalue weighted by Crippen LogP contribution is 2.14. The second-order valence-corrected chi connectivity index (χ2v) is 6.35. The molecule has 1 atom stereocenters. The van der Waals surface area contributed by atoms with E-state index in [-0.39, 0.29) is 5.25 Å². The van der Waals surface area contributed by atoms with Crippen LogP contribution in [0.1, 0.15) is 19.8 Å². The van der Waals surface area contributed by atoms with E-state index >= 15 is 0 Å². The minimum Gasteiger partial charge on any atom is -0.380 e. The molecule has 0 spiro atoms. The number of likely N-dealkylation sites (N-methyl/N-ethyl adjacent to an activating group) is 1. The molecule has 5 nitrogen and oxygen atoms in total. The second kappa shape index (κ2) is 6.54. The van der Waals surface area contributed by atoms with Crippen LogP contribution >= 0.6 is 0 Å². The van der Waals surface area contributed by atoms with E-state index < -0.39 is 10.0 Å². The molecule has 0 radical (unpaired) electrons. The zero-order valence-electron chi connectivity index (χ0n) is 10.1. The van der Waals surface area contributed by atoms with Crippen LogP contribution in [-0.4, -0.2) is 57.9 Å². The summed E-state index contributed by atoms with van der Waals surface area (Å²) in [7, 11) is -1.52. The van der Waals surface area contributed by atoms with Gasteiger partial charge in [0.2, 0.25) is 10.0 Å². The van der Waals surface area contributed by atoms with Gasteiger partial charge in [0.1, 0.15) is 0 Å². The molecule has 1 N–H and O–H groups in total. The molecule has 1 saturated heterocycles. The third kappa shape index (κ3) is 3.69. The summed E-state index contributed by atoms with van der Waals surface area (Å²) in [5.41, 5.74) is 0. The van der Waals surface area contributed by atoms with Gasteiger partial charge >= 0.3 is 0 Å². The van der Waals surface area contributed by atoms with Crippen molar-refractivity contribution >= 4 is 10.0 Å². The summed E-state index contributed by atoms with van der Waals surface area (Å²) in [6.45, 7) is 4.92. The number of rotatable bonds is 6. The topological polar surface area (TPSA) is 58.6 Å². The first kappa shape index (κ1) is 13.9. The van der Waals surface area contributed by atoms with Gasteiger partial charge in [0, 0.05) is 26.7 Å². The van der Waals surface area contributed by atoms with Crippen molar-refractivity contribution in [1.82, 2.24) is 9.62 Å². The molecule has 16 heavy (non-hydrogen) atoms.